The number of nitrogens with zero attached hydrogens (tertiary/aromatic N) is 5. The topological polar surface area (TPSA) is 58.9 Å². The minimum atomic E-state index is 0.224. The first kappa shape index (κ1) is 15.0. The first-order valence-corrected chi connectivity index (χ1v) is 7.15. The molecule has 0 aliphatic heterocycles. The van der Waals surface area contributed by atoms with E-state index >= 15 is 0 Å². The van der Waals surface area contributed by atoms with Crippen molar-refractivity contribution in [3.8, 4) is 0 Å². The van der Waals surface area contributed by atoms with Crippen molar-refractivity contribution in [2.75, 3.05) is 32.5 Å². The van der Waals surface area contributed by atoms with Crippen LogP contribution in [0.3, 0.4) is 0 Å². The third-order valence-electron chi connectivity index (χ3n) is 3.03. The van der Waals surface area contributed by atoms with Crippen molar-refractivity contribution < 1.29 is 0 Å². The quantitative estimate of drug-likeness (QED) is 0.655. The average molecular weight is 297 g/mol. The summed E-state index contributed by atoms with van der Waals surface area (Å²) in [5.74, 6) is 0.755. The number of fused-ring (bicyclic) bond motifs is 1. The van der Waals surface area contributed by atoms with Gasteiger partial charge in [0.1, 0.15) is 5.52 Å². The summed E-state index contributed by atoms with van der Waals surface area (Å²) in [5.41, 5.74) is 1.54. The van der Waals surface area contributed by atoms with Gasteiger partial charge in [-0.3, -0.25) is 0 Å². The summed E-state index contributed by atoms with van der Waals surface area (Å²) >= 11 is 5.96. The highest BCUT2D eigenvalue weighted by Crippen LogP contribution is 2.24. The minimum Gasteiger partial charge on any atom is -0.368 e. The van der Waals surface area contributed by atoms with Crippen molar-refractivity contribution in [3.63, 3.8) is 0 Å². The molecule has 0 aliphatic carbocycles. The monoisotopic (exact) mass is 296 g/mol. The largest absolute Gasteiger partial charge is 0.368 e. The molecule has 0 spiro atoms. The van der Waals surface area contributed by atoms with Crippen molar-refractivity contribution >= 4 is 28.6 Å². The number of hydrogen-bond acceptors (Lipinski definition) is 5. The predicted molar refractivity (Wildman–Crippen MR) is 82.4 cm³/mol. The van der Waals surface area contributed by atoms with E-state index < -0.39 is 0 Å². The maximum atomic E-state index is 5.96. The van der Waals surface area contributed by atoms with Gasteiger partial charge in [0.25, 0.3) is 0 Å². The molecule has 0 aromatic carbocycles. The molecule has 6 nitrogen and oxygen atoms in total. The Hall–Kier alpha value is -1.40. The molecule has 2 aromatic heterocycles. The van der Waals surface area contributed by atoms with E-state index in [-0.39, 0.29) is 5.28 Å². The highest BCUT2D eigenvalue weighted by atomic mass is 35.5. The van der Waals surface area contributed by atoms with Gasteiger partial charge >= 0.3 is 0 Å². The van der Waals surface area contributed by atoms with Crippen LogP contribution in [0.1, 0.15) is 26.3 Å². The molecule has 2 rings (SSSR count). The van der Waals surface area contributed by atoms with E-state index in [1.807, 2.05) is 0 Å². The van der Waals surface area contributed by atoms with Gasteiger partial charge < -0.3 is 14.8 Å². The molecule has 2 aromatic rings. The van der Waals surface area contributed by atoms with Gasteiger partial charge in [-0.25, -0.2) is 4.98 Å². The molecule has 0 saturated carbocycles. The van der Waals surface area contributed by atoms with Crippen LogP contribution in [0, 0.1) is 0 Å². The van der Waals surface area contributed by atoms with Crippen LogP contribution >= 0.6 is 11.6 Å². The Kier molecular flexibility index (Phi) is 4.77. The lowest BCUT2D eigenvalue weighted by molar-refractivity contribution is 0.405. The number of halogens is 1. The van der Waals surface area contributed by atoms with Gasteiger partial charge in [-0.2, -0.15) is 9.97 Å². The summed E-state index contributed by atoms with van der Waals surface area (Å²) in [6.45, 7) is 6.07. The van der Waals surface area contributed by atoms with Gasteiger partial charge in [-0.05, 0) is 52.5 Å². The Morgan fingerprint density at radius 1 is 1.35 bits per heavy atom. The van der Waals surface area contributed by atoms with Gasteiger partial charge in [-0.15, -0.1) is 0 Å². The van der Waals surface area contributed by atoms with E-state index in [0.29, 0.717) is 11.7 Å². The van der Waals surface area contributed by atoms with Gasteiger partial charge in [0.2, 0.25) is 5.28 Å². The van der Waals surface area contributed by atoms with Crippen LogP contribution in [0.2, 0.25) is 5.28 Å². The Labute approximate surface area is 124 Å². The van der Waals surface area contributed by atoms with Crippen LogP contribution in [0.4, 0.5) is 5.82 Å². The Morgan fingerprint density at radius 2 is 2.10 bits per heavy atom. The molecule has 1 N–H and O–H groups in total. The van der Waals surface area contributed by atoms with Crippen molar-refractivity contribution in [2.45, 2.75) is 26.3 Å². The zero-order valence-corrected chi connectivity index (χ0v) is 13.1. The third kappa shape index (κ3) is 3.37. The molecule has 0 unspecified atom stereocenters. The second-order valence-electron chi connectivity index (χ2n) is 5.34. The maximum Gasteiger partial charge on any atom is 0.226 e. The van der Waals surface area contributed by atoms with E-state index in [2.05, 4.69) is 57.7 Å². The molecule has 110 valence electrons. The normalized spacial score (nSPS) is 11.8. The summed E-state index contributed by atoms with van der Waals surface area (Å²) in [5, 5.41) is 3.57. The summed E-state index contributed by atoms with van der Waals surface area (Å²) < 4.78 is 2.06. The molecule has 0 amide bonds. The van der Waals surface area contributed by atoms with Gasteiger partial charge in [0.05, 0.1) is 6.33 Å². The van der Waals surface area contributed by atoms with E-state index in [9.17, 15) is 0 Å². The highest BCUT2D eigenvalue weighted by Gasteiger charge is 2.14. The molecule has 0 fully saturated rings. The van der Waals surface area contributed by atoms with Crippen LogP contribution < -0.4 is 5.32 Å². The molecule has 0 saturated heterocycles. The lowest BCUT2D eigenvalue weighted by Crippen LogP contribution is -2.17. The fraction of sp³-hybridized carbons (Fsp3) is 0.615. The summed E-state index contributed by atoms with van der Waals surface area (Å²) in [4.78, 5) is 14.9. The molecular weight excluding hydrogens is 276 g/mol. The van der Waals surface area contributed by atoms with Crippen LogP contribution in [0.5, 0.6) is 0 Å². The van der Waals surface area contributed by atoms with Crippen LogP contribution in [-0.2, 0) is 0 Å². The average Bonchev–Trinajstić information content (AvgIpc) is 2.77. The number of rotatable bonds is 6. The molecule has 0 atom stereocenters. The van der Waals surface area contributed by atoms with E-state index in [1.54, 1.807) is 6.33 Å². The number of aromatic nitrogens is 4. The fourth-order valence-corrected chi connectivity index (χ4v) is 2.20. The van der Waals surface area contributed by atoms with Gasteiger partial charge in [0, 0.05) is 12.6 Å². The Bertz CT molecular complexity index is 577. The van der Waals surface area contributed by atoms with Gasteiger partial charge in [-0.1, -0.05) is 0 Å². The lowest BCUT2D eigenvalue weighted by Gasteiger charge is -2.13. The molecular formula is C13H21ClN6. The second kappa shape index (κ2) is 6.37. The van der Waals surface area contributed by atoms with Crippen molar-refractivity contribution in [3.05, 3.63) is 11.6 Å². The van der Waals surface area contributed by atoms with E-state index in [4.69, 9.17) is 11.6 Å². The zero-order chi connectivity index (χ0) is 14.7. The molecule has 20 heavy (non-hydrogen) atoms. The van der Waals surface area contributed by atoms with Crippen molar-refractivity contribution in [1.29, 1.82) is 0 Å². The number of imidazole rings is 1. The molecule has 7 heteroatoms. The van der Waals surface area contributed by atoms with Gasteiger partial charge in [0.15, 0.2) is 11.5 Å². The molecule has 0 radical (unpaired) electrons. The van der Waals surface area contributed by atoms with Crippen LogP contribution in [-0.4, -0.2) is 51.6 Å². The maximum absolute atomic E-state index is 5.96. The first-order chi connectivity index (χ1) is 9.49. The molecule has 0 bridgehead atoms. The summed E-state index contributed by atoms with van der Waals surface area (Å²) in [7, 11) is 4.13. The standard InChI is InChI=1S/C13H21ClN6/c1-9(2)20-8-16-12-10(20)11(17-13(14)18-12)15-6-5-7-19(3)4/h8-9H,5-7H2,1-4H3,(H,15,17,18). The zero-order valence-electron chi connectivity index (χ0n) is 12.4. The van der Waals surface area contributed by atoms with Crippen LogP contribution in [0.15, 0.2) is 6.33 Å². The first-order valence-electron chi connectivity index (χ1n) is 6.77. The lowest BCUT2D eigenvalue weighted by atomic mass is 10.3. The molecule has 2 heterocycles. The smallest absolute Gasteiger partial charge is 0.226 e. The third-order valence-corrected chi connectivity index (χ3v) is 3.20. The Balaban J connectivity index is 2.24. The summed E-state index contributed by atoms with van der Waals surface area (Å²) in [6.07, 6.45) is 2.82. The summed E-state index contributed by atoms with van der Waals surface area (Å²) in [6, 6.07) is 0.298. The predicted octanol–water partition coefficient (Wildman–Crippen LogP) is 2.42. The molecule has 0 aliphatic rings. The second-order valence-corrected chi connectivity index (χ2v) is 5.68. The SMILES string of the molecule is CC(C)n1cnc2nc(Cl)nc(NCCCN(C)C)c21. The fourth-order valence-electron chi connectivity index (χ4n) is 2.04. The van der Waals surface area contributed by atoms with Crippen molar-refractivity contribution in [2.24, 2.45) is 0 Å². The number of hydrogen-bond donors (Lipinski definition) is 1. The van der Waals surface area contributed by atoms with E-state index in [1.165, 1.54) is 0 Å². The van der Waals surface area contributed by atoms with E-state index in [0.717, 1.165) is 30.8 Å². The number of nitrogens with one attached hydrogen (secondary N) is 1. The highest BCUT2D eigenvalue weighted by molar-refractivity contribution is 6.28. The van der Waals surface area contributed by atoms with Crippen LogP contribution in [0.25, 0.3) is 11.2 Å². The number of anilines is 1. The minimum absolute atomic E-state index is 0.224. The van der Waals surface area contributed by atoms with Crippen molar-refractivity contribution in [1.82, 2.24) is 24.4 Å². The Morgan fingerprint density at radius 3 is 2.75 bits per heavy atom.